The van der Waals surface area contributed by atoms with Crippen LogP contribution in [-0.4, -0.2) is 22.0 Å². The second-order valence-corrected chi connectivity index (χ2v) is 6.33. The van der Waals surface area contributed by atoms with Gasteiger partial charge in [-0.25, -0.2) is 4.98 Å². The Morgan fingerprint density at radius 1 is 1.26 bits per heavy atom. The second kappa shape index (κ2) is 4.08. The molecule has 4 nitrogen and oxygen atoms in total. The molecule has 0 aliphatic carbocycles. The van der Waals surface area contributed by atoms with Crippen LogP contribution in [0.3, 0.4) is 0 Å². The second-order valence-electron chi connectivity index (χ2n) is 6.33. The molecule has 0 bridgehead atoms. The number of hydrogen-bond donors (Lipinski definition) is 0. The van der Waals surface area contributed by atoms with Crippen molar-refractivity contribution in [3.8, 4) is 0 Å². The van der Waals surface area contributed by atoms with E-state index in [9.17, 15) is 4.79 Å². The monoisotopic (exact) mass is 257 g/mol. The van der Waals surface area contributed by atoms with Crippen LogP contribution >= 0.6 is 0 Å². The van der Waals surface area contributed by atoms with Gasteiger partial charge >= 0.3 is 0 Å². The van der Waals surface area contributed by atoms with Gasteiger partial charge < -0.3 is 4.57 Å². The van der Waals surface area contributed by atoms with Crippen LogP contribution in [0, 0.1) is 5.41 Å². The zero-order chi connectivity index (χ0) is 13.6. The van der Waals surface area contributed by atoms with E-state index in [4.69, 9.17) is 0 Å². The van der Waals surface area contributed by atoms with E-state index in [0.717, 1.165) is 30.1 Å². The Hall–Kier alpha value is -1.84. The van der Waals surface area contributed by atoms with Crippen LogP contribution < -0.4 is 4.90 Å². The van der Waals surface area contributed by atoms with Gasteiger partial charge in [0.05, 0.1) is 11.0 Å². The number of carbonyl (C=O) groups is 1. The van der Waals surface area contributed by atoms with Crippen LogP contribution in [0.5, 0.6) is 0 Å². The lowest BCUT2D eigenvalue weighted by Crippen LogP contribution is -2.32. The molecule has 1 aromatic carbocycles. The average Bonchev–Trinajstić information content (AvgIpc) is 2.84. The number of fused-ring (bicyclic) bond motifs is 3. The Bertz CT molecular complexity index is 636. The molecule has 100 valence electrons. The lowest BCUT2D eigenvalue weighted by atomic mass is 9.92. The van der Waals surface area contributed by atoms with Crippen LogP contribution in [0.25, 0.3) is 11.0 Å². The Kier molecular flexibility index (Phi) is 2.62. The SMILES string of the molecule is CC(C)(C)CC(=O)N1CCn2c1nc1ccccc12. The molecule has 3 rings (SSSR count). The summed E-state index contributed by atoms with van der Waals surface area (Å²) in [6.45, 7) is 7.84. The maximum atomic E-state index is 12.4. The van der Waals surface area contributed by atoms with Crippen molar-refractivity contribution < 1.29 is 4.79 Å². The molecule has 2 aromatic rings. The first-order chi connectivity index (χ1) is 8.96. The molecule has 1 aromatic heterocycles. The van der Waals surface area contributed by atoms with Crippen LogP contribution in [0.4, 0.5) is 5.95 Å². The highest BCUT2D eigenvalue weighted by Gasteiger charge is 2.30. The number of hydrogen-bond acceptors (Lipinski definition) is 2. The van der Waals surface area contributed by atoms with Gasteiger partial charge in [-0.3, -0.25) is 9.69 Å². The van der Waals surface area contributed by atoms with Crippen molar-refractivity contribution in [2.75, 3.05) is 11.4 Å². The van der Waals surface area contributed by atoms with Gasteiger partial charge in [-0.2, -0.15) is 0 Å². The Labute approximate surface area is 113 Å². The smallest absolute Gasteiger partial charge is 0.229 e. The van der Waals surface area contributed by atoms with E-state index in [1.54, 1.807) is 0 Å². The van der Waals surface area contributed by atoms with Crippen molar-refractivity contribution in [2.24, 2.45) is 5.41 Å². The number of benzene rings is 1. The van der Waals surface area contributed by atoms with E-state index < -0.39 is 0 Å². The maximum Gasteiger partial charge on any atom is 0.229 e. The molecular formula is C15H19N3O. The quantitative estimate of drug-likeness (QED) is 0.788. The third-order valence-corrected chi connectivity index (χ3v) is 3.41. The number of aromatic nitrogens is 2. The van der Waals surface area contributed by atoms with Gasteiger partial charge in [-0.05, 0) is 17.5 Å². The third kappa shape index (κ3) is 2.11. The zero-order valence-electron chi connectivity index (χ0n) is 11.7. The van der Waals surface area contributed by atoms with E-state index in [-0.39, 0.29) is 11.3 Å². The maximum absolute atomic E-state index is 12.4. The first-order valence-electron chi connectivity index (χ1n) is 6.71. The number of imidazole rings is 1. The fourth-order valence-electron chi connectivity index (χ4n) is 2.57. The van der Waals surface area contributed by atoms with Gasteiger partial charge in [-0.1, -0.05) is 32.9 Å². The molecule has 2 heterocycles. The lowest BCUT2D eigenvalue weighted by molar-refractivity contribution is -0.120. The fraction of sp³-hybridized carbons (Fsp3) is 0.467. The minimum Gasteiger partial charge on any atom is -0.308 e. The average molecular weight is 257 g/mol. The summed E-state index contributed by atoms with van der Waals surface area (Å²) >= 11 is 0. The Balaban J connectivity index is 1.96. The topological polar surface area (TPSA) is 38.1 Å². The minimum atomic E-state index is 0.0104. The Morgan fingerprint density at radius 3 is 2.74 bits per heavy atom. The van der Waals surface area contributed by atoms with E-state index in [2.05, 4.69) is 36.4 Å². The van der Waals surface area contributed by atoms with Gasteiger partial charge in [0.15, 0.2) is 0 Å². The predicted molar refractivity (Wildman–Crippen MR) is 76.2 cm³/mol. The Morgan fingerprint density at radius 2 is 2.00 bits per heavy atom. The number of carbonyl (C=O) groups excluding carboxylic acids is 1. The summed E-state index contributed by atoms with van der Waals surface area (Å²) in [5.74, 6) is 0.969. The molecule has 0 fully saturated rings. The number of amides is 1. The molecular weight excluding hydrogens is 238 g/mol. The van der Waals surface area contributed by atoms with Gasteiger partial charge in [0, 0.05) is 19.5 Å². The summed E-state index contributed by atoms with van der Waals surface area (Å²) in [5.41, 5.74) is 2.09. The molecule has 0 atom stereocenters. The molecule has 1 amide bonds. The van der Waals surface area contributed by atoms with E-state index >= 15 is 0 Å². The van der Waals surface area contributed by atoms with Crippen LogP contribution in [0.15, 0.2) is 24.3 Å². The number of para-hydroxylation sites is 2. The van der Waals surface area contributed by atoms with Gasteiger partial charge in [-0.15, -0.1) is 0 Å². The number of rotatable bonds is 1. The van der Waals surface area contributed by atoms with Crippen molar-refractivity contribution in [3.63, 3.8) is 0 Å². The number of nitrogens with zero attached hydrogens (tertiary/aromatic N) is 3. The molecule has 19 heavy (non-hydrogen) atoms. The van der Waals surface area contributed by atoms with Crippen molar-refractivity contribution in [2.45, 2.75) is 33.7 Å². The minimum absolute atomic E-state index is 0.0104. The van der Waals surface area contributed by atoms with Crippen LogP contribution in [-0.2, 0) is 11.3 Å². The highest BCUT2D eigenvalue weighted by atomic mass is 16.2. The van der Waals surface area contributed by atoms with Crippen molar-refractivity contribution in [3.05, 3.63) is 24.3 Å². The largest absolute Gasteiger partial charge is 0.308 e. The fourth-order valence-corrected chi connectivity index (χ4v) is 2.57. The summed E-state index contributed by atoms with van der Waals surface area (Å²) in [7, 11) is 0. The molecule has 0 saturated heterocycles. The molecule has 0 spiro atoms. The van der Waals surface area contributed by atoms with Gasteiger partial charge in [0.2, 0.25) is 11.9 Å². The standard InChI is InChI=1S/C15H19N3O/c1-15(2,3)10-13(19)18-9-8-17-12-7-5-4-6-11(12)16-14(17)18/h4-7H,8-10H2,1-3H3. The van der Waals surface area contributed by atoms with Crippen LogP contribution in [0.2, 0.25) is 0 Å². The normalized spacial score (nSPS) is 15.0. The first kappa shape index (κ1) is 12.2. The summed E-state index contributed by atoms with van der Waals surface area (Å²) in [5, 5.41) is 0. The molecule has 0 radical (unpaired) electrons. The summed E-state index contributed by atoms with van der Waals surface area (Å²) in [6, 6.07) is 8.04. The number of anilines is 1. The molecule has 0 N–H and O–H groups in total. The van der Waals surface area contributed by atoms with E-state index in [1.807, 2.05) is 23.1 Å². The predicted octanol–water partition coefficient (Wildman–Crippen LogP) is 2.82. The molecule has 0 unspecified atom stereocenters. The van der Waals surface area contributed by atoms with Gasteiger partial charge in [0.1, 0.15) is 0 Å². The van der Waals surface area contributed by atoms with E-state index in [1.165, 1.54) is 0 Å². The third-order valence-electron chi connectivity index (χ3n) is 3.41. The van der Waals surface area contributed by atoms with Crippen LogP contribution in [0.1, 0.15) is 27.2 Å². The molecule has 4 heteroatoms. The van der Waals surface area contributed by atoms with Gasteiger partial charge in [0.25, 0.3) is 0 Å². The zero-order valence-corrected chi connectivity index (χ0v) is 11.7. The summed E-state index contributed by atoms with van der Waals surface area (Å²) < 4.78 is 2.13. The molecule has 0 saturated carbocycles. The summed E-state index contributed by atoms with van der Waals surface area (Å²) in [6.07, 6.45) is 0.552. The van der Waals surface area contributed by atoms with Crippen molar-refractivity contribution in [1.29, 1.82) is 0 Å². The van der Waals surface area contributed by atoms with E-state index in [0.29, 0.717) is 6.42 Å². The van der Waals surface area contributed by atoms with Crippen molar-refractivity contribution in [1.82, 2.24) is 9.55 Å². The lowest BCUT2D eigenvalue weighted by Gasteiger charge is -2.21. The molecule has 1 aliphatic rings. The first-order valence-corrected chi connectivity index (χ1v) is 6.71. The highest BCUT2D eigenvalue weighted by Crippen LogP contribution is 2.29. The summed E-state index contributed by atoms with van der Waals surface area (Å²) in [4.78, 5) is 18.8. The highest BCUT2D eigenvalue weighted by molar-refractivity contribution is 5.95. The van der Waals surface area contributed by atoms with Crippen molar-refractivity contribution >= 4 is 22.9 Å². The molecule has 1 aliphatic heterocycles.